The van der Waals surface area contributed by atoms with Crippen LogP contribution in [0, 0.1) is 5.92 Å². The summed E-state index contributed by atoms with van der Waals surface area (Å²) in [7, 11) is 1.68. The van der Waals surface area contributed by atoms with Gasteiger partial charge in [-0.3, -0.25) is 9.69 Å². The summed E-state index contributed by atoms with van der Waals surface area (Å²) in [5.41, 5.74) is 1.24. The molecular formula is C19H28N2O3. The van der Waals surface area contributed by atoms with Crippen LogP contribution in [0.3, 0.4) is 0 Å². The van der Waals surface area contributed by atoms with E-state index in [1.807, 2.05) is 12.1 Å². The molecule has 0 bridgehead atoms. The topological polar surface area (TPSA) is 61.8 Å². The maximum Gasteiger partial charge on any atom is 0.249 e. The van der Waals surface area contributed by atoms with Crippen molar-refractivity contribution in [1.29, 1.82) is 0 Å². The zero-order valence-electron chi connectivity index (χ0n) is 14.6. The molecule has 0 spiro atoms. The van der Waals surface area contributed by atoms with Crippen molar-refractivity contribution < 1.29 is 14.6 Å². The van der Waals surface area contributed by atoms with Gasteiger partial charge in [0.15, 0.2) is 0 Å². The van der Waals surface area contributed by atoms with Crippen LogP contribution in [0.25, 0.3) is 0 Å². The molecule has 0 unspecified atom stereocenters. The molecule has 3 rings (SSSR count). The van der Waals surface area contributed by atoms with E-state index in [-0.39, 0.29) is 11.8 Å². The van der Waals surface area contributed by atoms with Gasteiger partial charge in [-0.2, -0.15) is 0 Å². The molecule has 1 aliphatic heterocycles. The Hall–Kier alpha value is -1.59. The summed E-state index contributed by atoms with van der Waals surface area (Å²) in [6.45, 7) is 4.00. The number of piperidine rings is 1. The lowest BCUT2D eigenvalue weighted by Crippen LogP contribution is -2.45. The number of nitrogens with zero attached hydrogens (tertiary/aromatic N) is 1. The highest BCUT2D eigenvalue weighted by atomic mass is 16.5. The predicted molar refractivity (Wildman–Crippen MR) is 92.9 cm³/mol. The van der Waals surface area contributed by atoms with Gasteiger partial charge < -0.3 is 15.2 Å². The van der Waals surface area contributed by atoms with Gasteiger partial charge >= 0.3 is 0 Å². The maximum atomic E-state index is 12.0. The number of methoxy groups -OCH3 is 1. The van der Waals surface area contributed by atoms with Gasteiger partial charge in [0.2, 0.25) is 5.91 Å². The van der Waals surface area contributed by atoms with Crippen molar-refractivity contribution in [3.8, 4) is 5.75 Å². The first-order chi connectivity index (χ1) is 11.6. The fourth-order valence-electron chi connectivity index (χ4n) is 3.46. The van der Waals surface area contributed by atoms with Crippen LogP contribution in [-0.2, 0) is 4.79 Å². The highest BCUT2D eigenvalue weighted by Gasteiger charge is 2.33. The number of hydrogen-bond donors (Lipinski definition) is 2. The van der Waals surface area contributed by atoms with Crippen molar-refractivity contribution >= 4 is 5.91 Å². The van der Waals surface area contributed by atoms with Crippen LogP contribution in [0.1, 0.15) is 44.2 Å². The number of nitrogens with one attached hydrogen (secondary N) is 1. The Kier molecular flexibility index (Phi) is 5.41. The van der Waals surface area contributed by atoms with Crippen LogP contribution in [0.4, 0.5) is 0 Å². The van der Waals surface area contributed by atoms with E-state index < -0.39 is 6.10 Å². The average Bonchev–Trinajstić information content (AvgIpc) is 3.44. The molecule has 1 saturated carbocycles. The van der Waals surface area contributed by atoms with Crippen LogP contribution >= 0.6 is 0 Å². The van der Waals surface area contributed by atoms with Gasteiger partial charge in [-0.15, -0.1) is 0 Å². The fraction of sp³-hybridized carbons (Fsp3) is 0.632. The largest absolute Gasteiger partial charge is 0.497 e. The standard InChI is InChI=1S/C19H28N2O3/c1-13(15-4-3-5-17(12-15)24-2)21-10-8-14(9-11-21)18(22)19(23)20-16-6-7-16/h3-5,12-14,16,18,22H,6-11H2,1-2H3,(H,20,23)/t13-,18-/m1/s1. The Morgan fingerprint density at radius 2 is 2.00 bits per heavy atom. The Morgan fingerprint density at radius 1 is 1.29 bits per heavy atom. The number of hydrogen-bond acceptors (Lipinski definition) is 4. The predicted octanol–water partition coefficient (Wildman–Crippen LogP) is 2.11. The Labute approximate surface area is 144 Å². The molecular weight excluding hydrogens is 304 g/mol. The zero-order chi connectivity index (χ0) is 17.1. The first-order valence-corrected chi connectivity index (χ1v) is 8.95. The van der Waals surface area contributed by atoms with E-state index in [4.69, 9.17) is 4.74 Å². The first kappa shape index (κ1) is 17.2. The van der Waals surface area contributed by atoms with Crippen LogP contribution in [0.15, 0.2) is 24.3 Å². The number of amides is 1. The third-order valence-electron chi connectivity index (χ3n) is 5.34. The van der Waals surface area contributed by atoms with Crippen molar-refractivity contribution in [3.05, 3.63) is 29.8 Å². The molecule has 5 nitrogen and oxygen atoms in total. The van der Waals surface area contributed by atoms with Crippen molar-refractivity contribution in [2.45, 2.75) is 50.8 Å². The molecule has 1 heterocycles. The van der Waals surface area contributed by atoms with E-state index in [1.165, 1.54) is 5.56 Å². The van der Waals surface area contributed by atoms with Crippen molar-refractivity contribution in [2.75, 3.05) is 20.2 Å². The number of rotatable bonds is 6. The fourth-order valence-corrected chi connectivity index (χ4v) is 3.46. The van der Waals surface area contributed by atoms with E-state index in [9.17, 15) is 9.90 Å². The van der Waals surface area contributed by atoms with E-state index in [2.05, 4.69) is 29.3 Å². The van der Waals surface area contributed by atoms with E-state index >= 15 is 0 Å². The molecule has 1 aromatic rings. The van der Waals surface area contributed by atoms with Gasteiger partial charge in [0.25, 0.3) is 0 Å². The van der Waals surface area contributed by atoms with Gasteiger partial charge in [0.05, 0.1) is 7.11 Å². The summed E-state index contributed by atoms with van der Waals surface area (Å²) in [4.78, 5) is 14.4. The molecule has 24 heavy (non-hydrogen) atoms. The number of ether oxygens (including phenoxy) is 1. The third-order valence-corrected chi connectivity index (χ3v) is 5.34. The molecule has 132 valence electrons. The van der Waals surface area contributed by atoms with E-state index in [0.717, 1.165) is 44.5 Å². The summed E-state index contributed by atoms with van der Waals surface area (Å²) < 4.78 is 5.31. The summed E-state index contributed by atoms with van der Waals surface area (Å²) in [5, 5.41) is 13.2. The number of aliphatic hydroxyl groups excluding tert-OH is 1. The Balaban J connectivity index is 1.52. The minimum absolute atomic E-state index is 0.0671. The SMILES string of the molecule is COc1cccc([C@@H](C)N2CCC([C@@H](O)C(=O)NC3CC3)CC2)c1. The zero-order valence-corrected chi connectivity index (χ0v) is 14.6. The second-order valence-electron chi connectivity index (χ2n) is 7.05. The lowest BCUT2D eigenvalue weighted by atomic mass is 9.89. The normalized spacial score (nSPS) is 22.0. The van der Waals surface area contributed by atoms with Crippen LogP contribution in [-0.4, -0.2) is 48.3 Å². The van der Waals surface area contributed by atoms with Gasteiger partial charge in [-0.25, -0.2) is 0 Å². The molecule has 0 radical (unpaired) electrons. The van der Waals surface area contributed by atoms with Crippen molar-refractivity contribution in [3.63, 3.8) is 0 Å². The highest BCUT2D eigenvalue weighted by molar-refractivity contribution is 5.81. The third kappa shape index (κ3) is 4.08. The first-order valence-electron chi connectivity index (χ1n) is 8.95. The maximum absolute atomic E-state index is 12.0. The summed E-state index contributed by atoms with van der Waals surface area (Å²) in [6, 6.07) is 8.78. The number of carbonyl (C=O) groups excluding carboxylic acids is 1. The Morgan fingerprint density at radius 3 is 2.62 bits per heavy atom. The molecule has 0 aromatic heterocycles. The van der Waals surface area contributed by atoms with Crippen LogP contribution < -0.4 is 10.1 Å². The monoisotopic (exact) mass is 332 g/mol. The van der Waals surface area contributed by atoms with Gasteiger partial charge in [-0.05, 0) is 69.3 Å². The number of aliphatic hydroxyl groups is 1. The van der Waals surface area contributed by atoms with Crippen molar-refractivity contribution in [2.24, 2.45) is 5.92 Å². The van der Waals surface area contributed by atoms with Crippen LogP contribution in [0.2, 0.25) is 0 Å². The number of benzene rings is 1. The molecule has 2 N–H and O–H groups in total. The smallest absolute Gasteiger partial charge is 0.249 e. The minimum atomic E-state index is -0.861. The minimum Gasteiger partial charge on any atom is -0.497 e. The lowest BCUT2D eigenvalue weighted by molar-refractivity contribution is -0.133. The van der Waals surface area contributed by atoms with Gasteiger partial charge in [0, 0.05) is 12.1 Å². The highest BCUT2D eigenvalue weighted by Crippen LogP contribution is 2.30. The molecule has 2 aliphatic rings. The molecule has 2 fully saturated rings. The number of carbonyl (C=O) groups is 1. The molecule has 1 aliphatic carbocycles. The average molecular weight is 332 g/mol. The number of likely N-dealkylation sites (tertiary alicyclic amines) is 1. The Bertz CT molecular complexity index is 565. The quantitative estimate of drug-likeness (QED) is 0.837. The second-order valence-corrected chi connectivity index (χ2v) is 7.05. The van der Waals surface area contributed by atoms with E-state index in [1.54, 1.807) is 7.11 Å². The van der Waals surface area contributed by atoms with Crippen molar-refractivity contribution in [1.82, 2.24) is 10.2 Å². The summed E-state index contributed by atoms with van der Waals surface area (Å²) in [5.74, 6) is 0.760. The lowest BCUT2D eigenvalue weighted by Gasteiger charge is -2.37. The van der Waals surface area contributed by atoms with E-state index in [0.29, 0.717) is 12.1 Å². The van der Waals surface area contributed by atoms with Crippen LogP contribution in [0.5, 0.6) is 5.75 Å². The molecule has 1 saturated heterocycles. The second kappa shape index (κ2) is 7.53. The van der Waals surface area contributed by atoms with Gasteiger partial charge in [-0.1, -0.05) is 12.1 Å². The van der Waals surface area contributed by atoms with Gasteiger partial charge in [0.1, 0.15) is 11.9 Å². The molecule has 2 atom stereocenters. The molecule has 1 amide bonds. The summed E-state index contributed by atoms with van der Waals surface area (Å²) in [6.07, 6.45) is 2.95. The summed E-state index contributed by atoms with van der Waals surface area (Å²) >= 11 is 0. The molecule has 5 heteroatoms. The molecule has 1 aromatic carbocycles.